The fourth-order valence-corrected chi connectivity index (χ4v) is 3.25. The quantitative estimate of drug-likeness (QED) is 0.746. The van der Waals surface area contributed by atoms with Crippen LogP contribution in [0.15, 0.2) is 30.7 Å². The van der Waals surface area contributed by atoms with Gasteiger partial charge in [0.2, 0.25) is 5.88 Å². The molecule has 1 unspecified atom stereocenters. The zero-order valence-electron chi connectivity index (χ0n) is 14.0. The first kappa shape index (κ1) is 15.6. The molecule has 128 valence electrons. The van der Waals surface area contributed by atoms with Gasteiger partial charge in [0.15, 0.2) is 0 Å². The number of ether oxygens (including phenoxy) is 1. The molecule has 7 heteroatoms. The van der Waals surface area contributed by atoms with Gasteiger partial charge in [0.1, 0.15) is 12.1 Å². The monoisotopic (exact) mass is 338 g/mol. The molecule has 0 radical (unpaired) electrons. The second-order valence-corrected chi connectivity index (χ2v) is 6.28. The molecule has 25 heavy (non-hydrogen) atoms. The smallest absolute Gasteiger partial charge is 0.415 e. The number of rotatable bonds is 2. The SMILES string of the molecule is Cc1c(Oc2ncnc3c2CC(C)NC3)ccc2c1ccn2C(=O)O. The van der Waals surface area contributed by atoms with Crippen LogP contribution in [0, 0.1) is 6.92 Å². The summed E-state index contributed by atoms with van der Waals surface area (Å²) in [4.78, 5) is 19.9. The van der Waals surface area contributed by atoms with E-state index in [9.17, 15) is 9.90 Å². The number of carbonyl (C=O) groups is 1. The Bertz CT molecular complexity index is 980. The van der Waals surface area contributed by atoms with E-state index in [0.717, 1.165) is 28.6 Å². The molecular formula is C18H18N4O3. The summed E-state index contributed by atoms with van der Waals surface area (Å²) in [5, 5.41) is 13.5. The summed E-state index contributed by atoms with van der Waals surface area (Å²) in [6, 6.07) is 5.67. The first-order valence-corrected chi connectivity index (χ1v) is 8.12. The summed E-state index contributed by atoms with van der Waals surface area (Å²) < 4.78 is 7.30. The van der Waals surface area contributed by atoms with Gasteiger partial charge in [-0.25, -0.2) is 14.8 Å². The van der Waals surface area contributed by atoms with Gasteiger partial charge in [-0.1, -0.05) is 0 Å². The Hall–Kier alpha value is -2.93. The number of aromatic nitrogens is 3. The molecular weight excluding hydrogens is 320 g/mol. The van der Waals surface area contributed by atoms with Crippen molar-refractivity contribution >= 4 is 17.0 Å². The lowest BCUT2D eigenvalue weighted by Gasteiger charge is -2.23. The molecule has 1 aliphatic heterocycles. The van der Waals surface area contributed by atoms with Crippen molar-refractivity contribution in [3.05, 3.63) is 47.5 Å². The average Bonchev–Trinajstić information content (AvgIpc) is 3.03. The third-order valence-corrected chi connectivity index (χ3v) is 4.63. The lowest BCUT2D eigenvalue weighted by Crippen LogP contribution is -2.33. The highest BCUT2D eigenvalue weighted by atomic mass is 16.5. The summed E-state index contributed by atoms with van der Waals surface area (Å²) >= 11 is 0. The molecule has 0 amide bonds. The summed E-state index contributed by atoms with van der Waals surface area (Å²) in [7, 11) is 0. The highest BCUT2D eigenvalue weighted by molar-refractivity contribution is 5.92. The maximum atomic E-state index is 11.3. The molecule has 0 fully saturated rings. The highest BCUT2D eigenvalue weighted by Crippen LogP contribution is 2.33. The standard InChI is InChI=1S/C18H18N4O3/c1-10-7-13-14(8-19-10)20-9-21-17(13)25-16-4-3-15-12(11(16)2)5-6-22(15)18(23)24/h3-6,9-10,19H,7-8H2,1-2H3,(H,23,24). The van der Waals surface area contributed by atoms with Crippen molar-refractivity contribution in [2.24, 2.45) is 0 Å². The molecule has 3 heterocycles. The van der Waals surface area contributed by atoms with E-state index in [4.69, 9.17) is 4.74 Å². The number of benzene rings is 1. The Labute approximate surface area is 144 Å². The first-order chi connectivity index (χ1) is 12.0. The molecule has 4 rings (SSSR count). The number of nitrogens with zero attached hydrogens (tertiary/aromatic N) is 3. The van der Waals surface area contributed by atoms with Gasteiger partial charge in [-0.15, -0.1) is 0 Å². The van der Waals surface area contributed by atoms with Crippen LogP contribution in [-0.4, -0.2) is 31.8 Å². The number of hydrogen-bond acceptors (Lipinski definition) is 5. The zero-order valence-corrected chi connectivity index (χ0v) is 14.0. The first-order valence-electron chi connectivity index (χ1n) is 8.12. The molecule has 0 aliphatic carbocycles. The Balaban J connectivity index is 1.75. The van der Waals surface area contributed by atoms with Crippen molar-refractivity contribution in [2.45, 2.75) is 32.9 Å². The Morgan fingerprint density at radius 2 is 2.20 bits per heavy atom. The van der Waals surface area contributed by atoms with Gasteiger partial charge in [-0.3, -0.25) is 4.57 Å². The van der Waals surface area contributed by atoms with E-state index >= 15 is 0 Å². The van der Waals surface area contributed by atoms with E-state index in [2.05, 4.69) is 22.2 Å². The predicted octanol–water partition coefficient (Wildman–Crippen LogP) is 3.09. The molecule has 2 aromatic heterocycles. The molecule has 1 aliphatic rings. The largest absolute Gasteiger partial charge is 0.464 e. The molecule has 0 saturated carbocycles. The van der Waals surface area contributed by atoms with Crippen molar-refractivity contribution in [2.75, 3.05) is 0 Å². The van der Waals surface area contributed by atoms with Crippen molar-refractivity contribution in [1.29, 1.82) is 0 Å². The van der Waals surface area contributed by atoms with E-state index in [1.807, 2.05) is 6.92 Å². The topological polar surface area (TPSA) is 89.3 Å². The minimum Gasteiger partial charge on any atom is -0.464 e. The summed E-state index contributed by atoms with van der Waals surface area (Å²) in [5.41, 5.74) is 3.50. The number of nitrogens with one attached hydrogen (secondary N) is 1. The van der Waals surface area contributed by atoms with Crippen LogP contribution in [0.5, 0.6) is 11.6 Å². The van der Waals surface area contributed by atoms with Gasteiger partial charge >= 0.3 is 6.09 Å². The van der Waals surface area contributed by atoms with Crippen molar-refractivity contribution in [1.82, 2.24) is 19.9 Å². The fraction of sp³-hybridized carbons (Fsp3) is 0.278. The van der Waals surface area contributed by atoms with Crippen LogP contribution in [0.1, 0.15) is 23.7 Å². The molecule has 0 bridgehead atoms. The van der Waals surface area contributed by atoms with Gasteiger partial charge in [0, 0.05) is 35.3 Å². The van der Waals surface area contributed by atoms with Crippen LogP contribution in [-0.2, 0) is 13.0 Å². The second kappa shape index (κ2) is 5.86. The number of aryl methyl sites for hydroxylation is 1. The molecule has 0 spiro atoms. The molecule has 2 N–H and O–H groups in total. The van der Waals surface area contributed by atoms with Gasteiger partial charge in [0.05, 0.1) is 11.2 Å². The van der Waals surface area contributed by atoms with Gasteiger partial charge in [-0.2, -0.15) is 0 Å². The summed E-state index contributed by atoms with van der Waals surface area (Å²) in [6.07, 6.45) is 2.86. The molecule has 7 nitrogen and oxygen atoms in total. The summed E-state index contributed by atoms with van der Waals surface area (Å²) in [5.74, 6) is 1.24. The summed E-state index contributed by atoms with van der Waals surface area (Å²) in [6.45, 7) is 4.74. The molecule has 1 atom stereocenters. The second-order valence-electron chi connectivity index (χ2n) is 6.28. The highest BCUT2D eigenvalue weighted by Gasteiger charge is 2.21. The molecule has 1 aromatic carbocycles. The predicted molar refractivity (Wildman–Crippen MR) is 92.2 cm³/mol. The number of carboxylic acid groups (broad SMARTS) is 1. The maximum absolute atomic E-state index is 11.3. The van der Waals surface area contributed by atoms with Crippen LogP contribution < -0.4 is 10.1 Å². The lowest BCUT2D eigenvalue weighted by atomic mass is 10.0. The number of fused-ring (bicyclic) bond motifs is 2. The minimum atomic E-state index is -1.01. The number of hydrogen-bond donors (Lipinski definition) is 2. The van der Waals surface area contributed by atoms with Crippen LogP contribution in [0.2, 0.25) is 0 Å². The Kier molecular flexibility index (Phi) is 3.65. The molecule has 3 aromatic rings. The van der Waals surface area contributed by atoms with Crippen LogP contribution in [0.25, 0.3) is 10.9 Å². The Morgan fingerprint density at radius 3 is 3.00 bits per heavy atom. The third kappa shape index (κ3) is 2.62. The maximum Gasteiger partial charge on any atom is 0.415 e. The normalized spacial score (nSPS) is 16.6. The Morgan fingerprint density at radius 1 is 1.36 bits per heavy atom. The van der Waals surface area contributed by atoms with Crippen molar-refractivity contribution in [3.63, 3.8) is 0 Å². The van der Waals surface area contributed by atoms with E-state index in [1.54, 1.807) is 24.4 Å². The van der Waals surface area contributed by atoms with E-state index < -0.39 is 6.09 Å². The van der Waals surface area contributed by atoms with Gasteiger partial charge < -0.3 is 15.2 Å². The van der Waals surface area contributed by atoms with Crippen molar-refractivity contribution in [3.8, 4) is 11.6 Å². The lowest BCUT2D eigenvalue weighted by molar-refractivity contribution is 0.197. The fourth-order valence-electron chi connectivity index (χ4n) is 3.25. The van der Waals surface area contributed by atoms with Gasteiger partial charge in [0.25, 0.3) is 0 Å². The van der Waals surface area contributed by atoms with Crippen molar-refractivity contribution < 1.29 is 14.6 Å². The molecule has 0 saturated heterocycles. The van der Waals surface area contributed by atoms with Crippen LogP contribution in [0.4, 0.5) is 4.79 Å². The van der Waals surface area contributed by atoms with E-state index in [0.29, 0.717) is 29.7 Å². The van der Waals surface area contributed by atoms with Crippen LogP contribution in [0.3, 0.4) is 0 Å². The van der Waals surface area contributed by atoms with E-state index in [-0.39, 0.29) is 0 Å². The van der Waals surface area contributed by atoms with E-state index in [1.165, 1.54) is 10.9 Å². The average molecular weight is 338 g/mol. The minimum absolute atomic E-state index is 0.342. The van der Waals surface area contributed by atoms with Crippen LogP contribution >= 0.6 is 0 Å². The zero-order chi connectivity index (χ0) is 17.6. The third-order valence-electron chi connectivity index (χ3n) is 4.63. The van der Waals surface area contributed by atoms with Gasteiger partial charge in [-0.05, 0) is 38.5 Å².